The van der Waals surface area contributed by atoms with Gasteiger partial charge in [0.2, 0.25) is 0 Å². The van der Waals surface area contributed by atoms with Crippen LogP contribution in [-0.2, 0) is 27.4 Å². The molecule has 0 atom stereocenters. The zero-order valence-electron chi connectivity index (χ0n) is 32.9. The first kappa shape index (κ1) is 46.7. The fourth-order valence-electron chi connectivity index (χ4n) is 6.20. The Labute approximate surface area is 350 Å². The molecule has 2 heterocycles. The molecule has 5 amide bonds. The van der Waals surface area contributed by atoms with Gasteiger partial charge in [-0.15, -0.1) is 0 Å². The van der Waals surface area contributed by atoms with Gasteiger partial charge in [-0.25, -0.2) is 27.2 Å². The number of ether oxygens (including phenoxy) is 2. The molecule has 20 heteroatoms. The molecule has 4 aromatic carbocycles. The van der Waals surface area contributed by atoms with Crippen LogP contribution in [0.2, 0.25) is 0 Å². The van der Waals surface area contributed by atoms with Crippen molar-refractivity contribution in [2.45, 2.75) is 19.3 Å². The fraction of sp³-hybridized carbons (Fsp3) is 0.310. The van der Waals surface area contributed by atoms with E-state index in [1.54, 1.807) is 11.0 Å². The van der Waals surface area contributed by atoms with Crippen LogP contribution in [0.3, 0.4) is 0 Å². The summed E-state index contributed by atoms with van der Waals surface area (Å²) in [5.41, 5.74) is 5.91. The van der Waals surface area contributed by atoms with Crippen LogP contribution in [0.15, 0.2) is 84.9 Å². The van der Waals surface area contributed by atoms with Crippen molar-refractivity contribution in [2.75, 3.05) is 75.5 Å². The number of nitrogens with zero attached hydrogens (tertiary/aromatic N) is 4. The van der Waals surface area contributed by atoms with Crippen molar-refractivity contribution >= 4 is 40.9 Å². The number of alkyl halides is 3. The molecule has 330 valence electrons. The summed E-state index contributed by atoms with van der Waals surface area (Å²) in [6.07, 6.45) is -5.15. The maximum absolute atomic E-state index is 14.8. The molecule has 62 heavy (non-hydrogen) atoms. The Bertz CT molecular complexity index is 2250. The van der Waals surface area contributed by atoms with Gasteiger partial charge in [0.05, 0.1) is 52.6 Å². The molecule has 2 aliphatic rings. The molecular formula is C42H41F7N6O7. The van der Waals surface area contributed by atoms with E-state index in [1.165, 1.54) is 80.7 Å². The Balaban J connectivity index is 0.000000238. The van der Waals surface area contributed by atoms with E-state index >= 15 is 0 Å². The second-order valence-electron chi connectivity index (χ2n) is 13.7. The molecule has 0 bridgehead atoms. The third-order valence-corrected chi connectivity index (χ3v) is 9.52. The molecule has 0 saturated carbocycles. The van der Waals surface area contributed by atoms with Crippen molar-refractivity contribution < 1.29 is 64.2 Å². The molecule has 0 radical (unpaired) electrons. The Morgan fingerprint density at radius 2 is 1.03 bits per heavy atom. The van der Waals surface area contributed by atoms with Gasteiger partial charge in [0.15, 0.2) is 11.6 Å². The van der Waals surface area contributed by atoms with Crippen LogP contribution < -0.4 is 20.9 Å². The number of morpholine rings is 2. The van der Waals surface area contributed by atoms with E-state index in [2.05, 4.69) is 0 Å². The zero-order valence-corrected chi connectivity index (χ0v) is 32.9. The van der Waals surface area contributed by atoms with Gasteiger partial charge < -0.3 is 30.3 Å². The number of hydrogen-bond acceptors (Lipinski definition) is 8. The number of urea groups is 2. The number of halogens is 7. The highest BCUT2D eigenvalue weighted by atomic mass is 19.4. The number of Topliss-reactive ketones (excluding diaryl/α,β-unsaturated/α-hetero) is 2. The predicted octanol–water partition coefficient (Wildman–Crippen LogP) is 5.85. The minimum absolute atomic E-state index is 0.0123. The van der Waals surface area contributed by atoms with Crippen LogP contribution >= 0.6 is 0 Å². The van der Waals surface area contributed by atoms with Crippen LogP contribution in [0.4, 0.5) is 51.7 Å². The molecule has 3 N–H and O–H groups in total. The zero-order chi connectivity index (χ0) is 45.0. The van der Waals surface area contributed by atoms with Crippen molar-refractivity contribution in [3.05, 3.63) is 130 Å². The number of rotatable bonds is 11. The number of hydrogen-bond donors (Lipinski definition) is 2. The Morgan fingerprint density at radius 1 is 0.613 bits per heavy atom. The molecule has 0 spiro atoms. The summed E-state index contributed by atoms with van der Waals surface area (Å²) in [5.74, 6) is -6.22. The maximum atomic E-state index is 14.8. The lowest BCUT2D eigenvalue weighted by Gasteiger charge is -2.33. The van der Waals surface area contributed by atoms with Gasteiger partial charge in [-0.05, 0) is 48.5 Å². The van der Waals surface area contributed by atoms with Gasteiger partial charge in [0.1, 0.15) is 23.3 Å². The van der Waals surface area contributed by atoms with Crippen molar-refractivity contribution in [3.8, 4) is 0 Å². The molecule has 0 aromatic heterocycles. The van der Waals surface area contributed by atoms with Crippen molar-refractivity contribution in [1.29, 1.82) is 0 Å². The van der Waals surface area contributed by atoms with Crippen molar-refractivity contribution in [3.63, 3.8) is 0 Å². The summed E-state index contributed by atoms with van der Waals surface area (Å²) >= 11 is 0. The number of anilines is 2. The highest BCUT2D eigenvalue weighted by molar-refractivity contribution is 6.00. The summed E-state index contributed by atoms with van der Waals surface area (Å²) in [7, 11) is 0. The van der Waals surface area contributed by atoms with Crippen LogP contribution in [-0.4, -0.2) is 111 Å². The Morgan fingerprint density at radius 3 is 1.40 bits per heavy atom. The molecule has 13 nitrogen and oxygen atoms in total. The topological polar surface area (TPSA) is 155 Å². The number of nitrogens with two attached hydrogens (primary N) is 1. The van der Waals surface area contributed by atoms with E-state index in [0.717, 1.165) is 18.2 Å². The first-order valence-electron chi connectivity index (χ1n) is 19.0. The lowest BCUT2D eigenvalue weighted by atomic mass is 10.1. The van der Waals surface area contributed by atoms with Crippen LogP contribution in [0.1, 0.15) is 31.8 Å². The van der Waals surface area contributed by atoms with E-state index in [4.69, 9.17) is 15.2 Å². The highest BCUT2D eigenvalue weighted by Crippen LogP contribution is 2.25. The molecule has 2 aliphatic heterocycles. The predicted molar refractivity (Wildman–Crippen MR) is 210 cm³/mol. The molecule has 2 saturated heterocycles. The number of carbonyl (C=O) groups excluding carboxylic acids is 5. The SMILES string of the molecule is NCC(=O)c1ccc(CN(C(=O)N2CCOCC2)c2cccc(F)c2)c(F)c1.O=C(CNC(=O)C(F)(F)F)c1ccc(CN(C(=O)N2CCOCC2)c2cccc(F)c2)c(F)c1. The van der Waals surface area contributed by atoms with Crippen LogP contribution in [0.5, 0.6) is 0 Å². The third kappa shape index (κ3) is 12.6. The standard InChI is InChI=1S/C22H20F5N3O4.C20H21F2N3O3/c23-16-2-1-3-17(11-16)30(21(33)29-6-8-34-9-7-29)13-15-5-4-14(10-18(15)24)19(31)12-28-20(32)22(25,26)27;21-16-2-1-3-17(11-16)25(20(27)24-6-8-28-9-7-24)13-15-5-4-14(10-18(15)22)19(26)12-23/h1-5,10-11H,6-9,12-13H2,(H,28,32);1-5,10-11H,6-9,12-13,23H2. The molecule has 0 unspecified atom stereocenters. The van der Waals surface area contributed by atoms with Gasteiger partial charge in [0, 0.05) is 59.8 Å². The normalized spacial score (nSPS) is 14.0. The summed E-state index contributed by atoms with van der Waals surface area (Å²) in [4.78, 5) is 66.3. The van der Waals surface area contributed by atoms with Gasteiger partial charge in [0.25, 0.3) is 0 Å². The maximum Gasteiger partial charge on any atom is 0.471 e. The molecular weight excluding hydrogens is 833 g/mol. The number of ketones is 2. The Kier molecular flexibility index (Phi) is 16.1. The number of carbonyl (C=O) groups is 5. The number of benzene rings is 4. The molecule has 2 fully saturated rings. The summed E-state index contributed by atoms with van der Waals surface area (Å²) in [5, 5.41) is 1.43. The van der Waals surface area contributed by atoms with E-state index < -0.39 is 53.7 Å². The van der Waals surface area contributed by atoms with Gasteiger partial charge in [-0.3, -0.25) is 24.2 Å². The summed E-state index contributed by atoms with van der Waals surface area (Å²) in [6, 6.07) is 17.1. The lowest BCUT2D eigenvalue weighted by Crippen LogP contribution is -2.48. The average Bonchev–Trinajstić information content (AvgIpc) is 3.27. The largest absolute Gasteiger partial charge is 0.471 e. The first-order valence-corrected chi connectivity index (χ1v) is 19.0. The van der Waals surface area contributed by atoms with Crippen molar-refractivity contribution in [2.24, 2.45) is 5.73 Å². The quantitative estimate of drug-likeness (QED) is 0.141. The number of nitrogens with one attached hydrogen (secondary N) is 1. The van der Waals surface area contributed by atoms with E-state index in [-0.39, 0.29) is 59.4 Å². The lowest BCUT2D eigenvalue weighted by molar-refractivity contribution is -0.173. The van der Waals surface area contributed by atoms with E-state index in [0.29, 0.717) is 58.3 Å². The highest BCUT2D eigenvalue weighted by Gasteiger charge is 2.38. The van der Waals surface area contributed by atoms with Crippen LogP contribution in [0.25, 0.3) is 0 Å². The minimum atomic E-state index is -5.15. The van der Waals surface area contributed by atoms with Gasteiger partial charge >= 0.3 is 24.1 Å². The first-order chi connectivity index (χ1) is 29.5. The monoisotopic (exact) mass is 874 g/mol. The summed E-state index contributed by atoms with van der Waals surface area (Å²) in [6.45, 7) is 1.25. The summed E-state index contributed by atoms with van der Waals surface area (Å²) < 4.78 is 104. The van der Waals surface area contributed by atoms with Crippen molar-refractivity contribution in [1.82, 2.24) is 15.1 Å². The second kappa shape index (κ2) is 21.4. The minimum Gasteiger partial charge on any atom is -0.378 e. The van der Waals surface area contributed by atoms with Crippen LogP contribution in [0, 0.1) is 23.3 Å². The Hall–Kier alpha value is -6.38. The second-order valence-corrected chi connectivity index (χ2v) is 13.7. The molecule has 0 aliphatic carbocycles. The third-order valence-electron chi connectivity index (χ3n) is 9.52. The van der Waals surface area contributed by atoms with E-state index in [9.17, 15) is 54.7 Å². The fourth-order valence-corrected chi connectivity index (χ4v) is 6.20. The van der Waals surface area contributed by atoms with E-state index in [1.807, 2.05) is 0 Å². The molecule has 4 aromatic rings. The van der Waals surface area contributed by atoms with Gasteiger partial charge in [-0.1, -0.05) is 36.4 Å². The molecule has 6 rings (SSSR count). The average molecular weight is 875 g/mol. The number of amides is 5. The smallest absolute Gasteiger partial charge is 0.378 e. The van der Waals surface area contributed by atoms with Gasteiger partial charge in [-0.2, -0.15) is 13.2 Å².